The van der Waals surface area contributed by atoms with Crippen molar-refractivity contribution in [2.75, 3.05) is 32.4 Å². The maximum Gasteiger partial charge on any atom is 0.272 e. The predicted octanol–water partition coefficient (Wildman–Crippen LogP) is 2.93. The molecule has 1 N–H and O–H groups in total. The molecule has 2 fully saturated rings. The Bertz CT molecular complexity index is 1200. The van der Waals surface area contributed by atoms with Crippen LogP contribution in [0.2, 0.25) is 0 Å². The predicted molar refractivity (Wildman–Crippen MR) is 120 cm³/mol. The van der Waals surface area contributed by atoms with Crippen molar-refractivity contribution in [3.8, 4) is 0 Å². The van der Waals surface area contributed by atoms with Crippen molar-refractivity contribution in [3.63, 3.8) is 0 Å². The molecule has 0 saturated carbocycles. The molecule has 2 unspecified atom stereocenters. The Morgan fingerprint density at radius 2 is 1.84 bits per heavy atom. The summed E-state index contributed by atoms with van der Waals surface area (Å²) in [5.41, 5.74) is 1.33. The summed E-state index contributed by atoms with van der Waals surface area (Å²) in [5, 5.41) is 8.05. The molecule has 8 heteroatoms. The summed E-state index contributed by atoms with van der Waals surface area (Å²) in [6.07, 6.45) is 2.47. The van der Waals surface area contributed by atoms with Crippen LogP contribution in [-0.4, -0.2) is 57.7 Å². The summed E-state index contributed by atoms with van der Waals surface area (Å²) in [6.45, 7) is 3.30. The normalized spacial score (nSPS) is 21.0. The zero-order valence-corrected chi connectivity index (χ0v) is 18.0. The molecule has 5 rings (SSSR count). The summed E-state index contributed by atoms with van der Waals surface area (Å²) in [6, 6.07) is 11.9. The Balaban J connectivity index is 1.39. The van der Waals surface area contributed by atoms with E-state index >= 15 is 0 Å². The van der Waals surface area contributed by atoms with Crippen LogP contribution < -0.4 is 5.56 Å². The monoisotopic (exact) mass is 438 g/mol. The number of carbonyl (C=O) groups is 1. The number of halogens is 1. The second-order valence-corrected chi connectivity index (χ2v) is 9.18. The molecule has 2 aromatic carbocycles. The maximum absolute atomic E-state index is 14.6. The van der Waals surface area contributed by atoms with Gasteiger partial charge in [-0.15, -0.1) is 0 Å². The molecule has 2 aliphatic heterocycles. The van der Waals surface area contributed by atoms with Gasteiger partial charge in [0.05, 0.1) is 16.6 Å². The average molecular weight is 439 g/mol. The van der Waals surface area contributed by atoms with E-state index in [1.165, 1.54) is 6.07 Å². The fourth-order valence-corrected chi connectivity index (χ4v) is 5.46. The van der Waals surface area contributed by atoms with Crippen molar-refractivity contribution >= 4 is 28.6 Å². The van der Waals surface area contributed by atoms with E-state index in [2.05, 4.69) is 20.8 Å². The maximum atomic E-state index is 14.6. The van der Waals surface area contributed by atoms with Gasteiger partial charge in [-0.25, -0.2) is 9.49 Å². The highest BCUT2D eigenvalue weighted by Gasteiger charge is 2.41. The van der Waals surface area contributed by atoms with E-state index in [4.69, 9.17) is 0 Å². The number of benzene rings is 2. The highest BCUT2D eigenvalue weighted by Crippen LogP contribution is 2.34. The Labute approximate surface area is 183 Å². The van der Waals surface area contributed by atoms with Gasteiger partial charge < -0.3 is 4.90 Å². The van der Waals surface area contributed by atoms with Crippen LogP contribution in [0.1, 0.15) is 21.6 Å². The fourth-order valence-electron chi connectivity index (χ4n) is 4.78. The van der Waals surface area contributed by atoms with E-state index in [-0.39, 0.29) is 17.0 Å². The number of amides is 1. The van der Waals surface area contributed by atoms with Crippen molar-refractivity contribution in [3.05, 3.63) is 75.5 Å². The van der Waals surface area contributed by atoms with Gasteiger partial charge in [0.25, 0.3) is 11.5 Å². The average Bonchev–Trinajstić information content (AvgIpc) is 3.36. The number of nitrogens with one attached hydrogen (secondary N) is 1. The minimum absolute atomic E-state index is 0.105. The van der Waals surface area contributed by atoms with Gasteiger partial charge in [0.2, 0.25) is 0 Å². The number of aromatic nitrogens is 2. The zero-order chi connectivity index (χ0) is 21.5. The third kappa shape index (κ3) is 3.74. The first-order valence-electron chi connectivity index (χ1n) is 10.4. The van der Waals surface area contributed by atoms with Crippen LogP contribution in [-0.2, 0) is 6.42 Å². The third-order valence-corrected chi connectivity index (χ3v) is 7.22. The van der Waals surface area contributed by atoms with Crippen molar-refractivity contribution in [2.24, 2.45) is 11.8 Å². The molecule has 1 aromatic heterocycles. The van der Waals surface area contributed by atoms with Crippen molar-refractivity contribution in [1.29, 1.82) is 0 Å². The number of fused-ring (bicyclic) bond motifs is 2. The quantitative estimate of drug-likeness (QED) is 0.635. The molecule has 0 radical (unpaired) electrons. The highest BCUT2D eigenvalue weighted by atomic mass is 32.2. The molecule has 3 aromatic rings. The number of aromatic amines is 1. The van der Waals surface area contributed by atoms with E-state index in [0.29, 0.717) is 42.4 Å². The Kier molecular flexibility index (Phi) is 5.27. The van der Waals surface area contributed by atoms with E-state index in [1.54, 1.807) is 41.1 Å². The molecule has 31 heavy (non-hydrogen) atoms. The van der Waals surface area contributed by atoms with E-state index in [0.717, 1.165) is 24.0 Å². The van der Waals surface area contributed by atoms with E-state index < -0.39 is 5.82 Å². The molecule has 0 bridgehead atoms. The zero-order valence-electron chi connectivity index (χ0n) is 17.2. The minimum Gasteiger partial charge on any atom is -0.338 e. The smallest absolute Gasteiger partial charge is 0.272 e. The number of carbonyl (C=O) groups excluding carboxylic acids is 1. The molecular formula is C23H23FN4O2S. The van der Waals surface area contributed by atoms with Gasteiger partial charge in [-0.2, -0.15) is 5.10 Å². The first-order valence-corrected chi connectivity index (χ1v) is 11.5. The fraction of sp³-hybridized carbons (Fsp3) is 0.348. The van der Waals surface area contributed by atoms with E-state index in [1.807, 2.05) is 12.1 Å². The number of hydrogen-bond donors (Lipinski definition) is 1. The molecule has 6 nitrogen and oxygen atoms in total. The SMILES string of the molecule is CSN1CC2CN(C(=O)c3cc(Cc4n[nH]c(=O)c5ccccc45)ccc3F)CC2C1. The topological polar surface area (TPSA) is 69.3 Å². The van der Waals surface area contributed by atoms with Gasteiger partial charge in [-0.3, -0.25) is 13.9 Å². The third-order valence-electron chi connectivity index (χ3n) is 6.41. The van der Waals surface area contributed by atoms with Crippen LogP contribution in [0.25, 0.3) is 10.8 Å². The van der Waals surface area contributed by atoms with Gasteiger partial charge in [0, 0.05) is 38.0 Å². The molecule has 0 aliphatic carbocycles. The second kappa shape index (κ2) is 8.09. The van der Waals surface area contributed by atoms with Crippen LogP contribution >= 0.6 is 11.9 Å². The molecule has 1 amide bonds. The first kappa shape index (κ1) is 20.2. The molecule has 2 atom stereocenters. The molecule has 160 valence electrons. The summed E-state index contributed by atoms with van der Waals surface area (Å²) in [5.74, 6) is 0.165. The molecule has 2 aliphatic rings. The number of rotatable bonds is 4. The van der Waals surface area contributed by atoms with Crippen molar-refractivity contribution in [1.82, 2.24) is 19.4 Å². The van der Waals surface area contributed by atoms with Crippen molar-refractivity contribution < 1.29 is 9.18 Å². The number of likely N-dealkylation sites (tertiary alicyclic amines) is 1. The van der Waals surface area contributed by atoms with Crippen LogP contribution in [0.4, 0.5) is 4.39 Å². The van der Waals surface area contributed by atoms with Gasteiger partial charge in [0.1, 0.15) is 5.82 Å². The minimum atomic E-state index is -0.504. The molecule has 3 heterocycles. The second-order valence-electron chi connectivity index (χ2n) is 8.30. The van der Waals surface area contributed by atoms with Crippen LogP contribution in [0.5, 0.6) is 0 Å². The largest absolute Gasteiger partial charge is 0.338 e. The number of H-pyrrole nitrogens is 1. The van der Waals surface area contributed by atoms with Gasteiger partial charge in [-0.05, 0) is 41.9 Å². The van der Waals surface area contributed by atoms with Crippen LogP contribution in [0, 0.1) is 17.7 Å². The summed E-state index contributed by atoms with van der Waals surface area (Å²) >= 11 is 1.74. The van der Waals surface area contributed by atoms with Gasteiger partial charge in [-0.1, -0.05) is 36.2 Å². The number of hydrogen-bond acceptors (Lipinski definition) is 5. The molecule has 2 saturated heterocycles. The lowest BCUT2D eigenvalue weighted by molar-refractivity contribution is 0.0774. The lowest BCUT2D eigenvalue weighted by Crippen LogP contribution is -2.32. The van der Waals surface area contributed by atoms with Gasteiger partial charge in [0.15, 0.2) is 0 Å². The van der Waals surface area contributed by atoms with Crippen LogP contribution in [0.15, 0.2) is 47.3 Å². The standard InChI is InChI=1S/C23H23FN4O2S/c1-31-28-12-15-10-27(11-16(15)13-28)23(30)19-8-14(6-7-20(19)24)9-21-17-4-2-3-5-18(17)22(29)26-25-21/h2-8,15-16H,9-13H2,1H3,(H,26,29). The van der Waals surface area contributed by atoms with Crippen molar-refractivity contribution in [2.45, 2.75) is 6.42 Å². The summed E-state index contributed by atoms with van der Waals surface area (Å²) < 4.78 is 16.9. The first-order chi connectivity index (χ1) is 15.0. The lowest BCUT2D eigenvalue weighted by atomic mass is 10.0. The molecule has 0 spiro atoms. The van der Waals surface area contributed by atoms with E-state index in [9.17, 15) is 14.0 Å². The molecular weight excluding hydrogens is 415 g/mol. The number of nitrogens with zero attached hydrogens (tertiary/aromatic N) is 3. The Morgan fingerprint density at radius 3 is 2.55 bits per heavy atom. The van der Waals surface area contributed by atoms with Crippen LogP contribution in [0.3, 0.4) is 0 Å². The summed E-state index contributed by atoms with van der Waals surface area (Å²) in [4.78, 5) is 26.9. The highest BCUT2D eigenvalue weighted by molar-refractivity contribution is 7.96. The summed E-state index contributed by atoms with van der Waals surface area (Å²) in [7, 11) is 0. The van der Waals surface area contributed by atoms with Gasteiger partial charge >= 0.3 is 0 Å². The Morgan fingerprint density at radius 1 is 1.13 bits per heavy atom. The Hall–Kier alpha value is -2.71. The lowest BCUT2D eigenvalue weighted by Gasteiger charge is -2.20.